The molecule has 7 aromatic carbocycles. The van der Waals surface area contributed by atoms with Crippen LogP contribution >= 0.6 is 0 Å². The Bertz CT molecular complexity index is 2520. The minimum absolute atomic E-state index is 0.254. The van der Waals surface area contributed by atoms with Crippen molar-refractivity contribution in [2.24, 2.45) is 0 Å². The summed E-state index contributed by atoms with van der Waals surface area (Å²) in [5.74, 6) is 2.74. The van der Waals surface area contributed by atoms with E-state index in [2.05, 4.69) is 108 Å². The Labute approximate surface area is 302 Å². The van der Waals surface area contributed by atoms with Gasteiger partial charge in [0.15, 0.2) is 23.7 Å². The standard InChI is InChI=1S/C47H32N4O/c1-5-16-31(17-6-1)43-49-44(32-18-7-2-8-19-32)51-45(50-43)37-25-15-27-39-42(37)36-24-13-14-26-38(36)47(39,34-22-11-4-12-23-34)35-28-29-40-41(30-35)52-46(48-40)33-20-9-3-10-21-33/h1-30,46,48H. The van der Waals surface area contributed by atoms with Crippen molar-refractivity contribution in [1.29, 1.82) is 0 Å². The van der Waals surface area contributed by atoms with Crippen LogP contribution in [0.5, 0.6) is 5.75 Å². The third-order valence-electron chi connectivity index (χ3n) is 10.3. The lowest BCUT2D eigenvalue weighted by Crippen LogP contribution is -2.28. The molecule has 2 aliphatic rings. The molecule has 52 heavy (non-hydrogen) atoms. The Morgan fingerprint density at radius 3 is 1.71 bits per heavy atom. The molecule has 2 unspecified atom stereocenters. The first-order chi connectivity index (χ1) is 25.8. The molecule has 1 aliphatic carbocycles. The summed E-state index contributed by atoms with van der Waals surface area (Å²) in [6, 6.07) is 63.3. The fraction of sp³-hybridized carbons (Fsp3) is 0.0426. The molecule has 0 saturated carbocycles. The van der Waals surface area contributed by atoms with E-state index in [0.29, 0.717) is 17.5 Å². The Morgan fingerprint density at radius 2 is 1.02 bits per heavy atom. The number of aromatic nitrogens is 3. The molecule has 8 aromatic rings. The van der Waals surface area contributed by atoms with E-state index in [1.807, 2.05) is 78.9 Å². The van der Waals surface area contributed by atoms with Gasteiger partial charge in [-0.25, -0.2) is 15.0 Å². The lowest BCUT2D eigenvalue weighted by atomic mass is 9.67. The zero-order valence-corrected chi connectivity index (χ0v) is 28.1. The fourth-order valence-electron chi connectivity index (χ4n) is 7.97. The van der Waals surface area contributed by atoms with Gasteiger partial charge in [0.25, 0.3) is 0 Å². The van der Waals surface area contributed by atoms with Gasteiger partial charge < -0.3 is 10.1 Å². The van der Waals surface area contributed by atoms with Crippen molar-refractivity contribution >= 4 is 5.69 Å². The molecule has 5 heteroatoms. The Balaban J connectivity index is 1.21. The van der Waals surface area contributed by atoms with Crippen LogP contribution in [-0.2, 0) is 5.41 Å². The van der Waals surface area contributed by atoms with Crippen LogP contribution in [0.3, 0.4) is 0 Å². The van der Waals surface area contributed by atoms with Crippen LogP contribution in [0.2, 0.25) is 0 Å². The summed E-state index contributed by atoms with van der Waals surface area (Å²) in [4.78, 5) is 15.3. The van der Waals surface area contributed by atoms with Crippen molar-refractivity contribution in [2.45, 2.75) is 11.6 Å². The minimum atomic E-state index is -0.635. The highest BCUT2D eigenvalue weighted by molar-refractivity contribution is 5.94. The molecule has 0 spiro atoms. The molecule has 0 saturated heterocycles. The number of hydrogen-bond acceptors (Lipinski definition) is 5. The summed E-state index contributed by atoms with van der Waals surface area (Å²) >= 11 is 0. The van der Waals surface area contributed by atoms with Gasteiger partial charge in [0.1, 0.15) is 5.75 Å². The van der Waals surface area contributed by atoms with Gasteiger partial charge in [-0.1, -0.05) is 170 Å². The van der Waals surface area contributed by atoms with Crippen LogP contribution in [0.1, 0.15) is 34.0 Å². The van der Waals surface area contributed by atoms with Crippen molar-refractivity contribution in [2.75, 3.05) is 5.32 Å². The zero-order valence-electron chi connectivity index (χ0n) is 28.1. The average Bonchev–Trinajstić information content (AvgIpc) is 3.80. The van der Waals surface area contributed by atoms with Crippen LogP contribution in [0.4, 0.5) is 5.69 Å². The van der Waals surface area contributed by atoms with Crippen molar-refractivity contribution in [1.82, 2.24) is 15.0 Å². The maximum atomic E-state index is 6.62. The fourth-order valence-corrected chi connectivity index (χ4v) is 7.97. The molecule has 10 rings (SSSR count). The van der Waals surface area contributed by atoms with Gasteiger partial charge in [-0.05, 0) is 45.5 Å². The maximum Gasteiger partial charge on any atom is 0.196 e. The average molecular weight is 669 g/mol. The van der Waals surface area contributed by atoms with E-state index >= 15 is 0 Å². The van der Waals surface area contributed by atoms with Gasteiger partial charge in [-0.3, -0.25) is 0 Å². The first kappa shape index (κ1) is 30.0. The summed E-state index contributed by atoms with van der Waals surface area (Å²) in [6.07, 6.45) is -0.254. The van der Waals surface area contributed by atoms with Crippen LogP contribution in [0, 0.1) is 0 Å². The van der Waals surface area contributed by atoms with Crippen LogP contribution in [-0.4, -0.2) is 15.0 Å². The molecule has 5 nitrogen and oxygen atoms in total. The van der Waals surface area contributed by atoms with E-state index in [1.54, 1.807) is 0 Å². The summed E-state index contributed by atoms with van der Waals surface area (Å²) < 4.78 is 6.62. The second kappa shape index (κ2) is 12.2. The molecule has 1 aliphatic heterocycles. The van der Waals surface area contributed by atoms with Crippen molar-refractivity contribution in [3.8, 4) is 51.0 Å². The molecule has 1 N–H and O–H groups in total. The molecule has 0 amide bonds. The highest BCUT2D eigenvalue weighted by atomic mass is 16.5. The van der Waals surface area contributed by atoms with Gasteiger partial charge in [-0.2, -0.15) is 0 Å². The number of anilines is 1. The minimum Gasteiger partial charge on any atom is -0.464 e. The topological polar surface area (TPSA) is 59.9 Å². The predicted octanol–water partition coefficient (Wildman–Crippen LogP) is 10.7. The molecule has 0 radical (unpaired) electrons. The molecule has 0 bridgehead atoms. The van der Waals surface area contributed by atoms with E-state index in [1.165, 1.54) is 16.7 Å². The van der Waals surface area contributed by atoms with E-state index in [-0.39, 0.29) is 6.23 Å². The van der Waals surface area contributed by atoms with Gasteiger partial charge in [0.05, 0.1) is 11.1 Å². The normalized spacial score (nSPS) is 16.7. The highest BCUT2D eigenvalue weighted by Gasteiger charge is 2.47. The number of nitrogens with zero attached hydrogens (tertiary/aromatic N) is 3. The molecule has 1 aromatic heterocycles. The third-order valence-corrected chi connectivity index (χ3v) is 10.3. The second-order valence-corrected chi connectivity index (χ2v) is 13.2. The van der Waals surface area contributed by atoms with Crippen LogP contribution < -0.4 is 10.1 Å². The maximum absolute atomic E-state index is 6.62. The first-order valence-corrected chi connectivity index (χ1v) is 17.6. The van der Waals surface area contributed by atoms with Crippen LogP contribution in [0.25, 0.3) is 45.3 Å². The van der Waals surface area contributed by atoms with Crippen molar-refractivity contribution in [3.05, 3.63) is 210 Å². The van der Waals surface area contributed by atoms with E-state index < -0.39 is 5.41 Å². The SMILES string of the molecule is c1ccc(-c2nc(-c3ccccc3)nc(-c3cccc4c3-c3ccccc3C4(c3ccccc3)c3ccc4c(c3)OC(c3ccccc3)N4)n2)cc1. The Hall–Kier alpha value is -6.85. The number of benzene rings is 7. The summed E-state index contributed by atoms with van der Waals surface area (Å²) in [5, 5.41) is 3.58. The van der Waals surface area contributed by atoms with Crippen molar-refractivity contribution in [3.63, 3.8) is 0 Å². The molecular weight excluding hydrogens is 637 g/mol. The van der Waals surface area contributed by atoms with Crippen molar-refractivity contribution < 1.29 is 4.74 Å². The smallest absolute Gasteiger partial charge is 0.196 e. The molecule has 246 valence electrons. The number of fused-ring (bicyclic) bond motifs is 4. The number of ether oxygens (including phenoxy) is 1. The third kappa shape index (κ3) is 4.74. The van der Waals surface area contributed by atoms with E-state index in [0.717, 1.165) is 50.4 Å². The molecule has 2 heterocycles. The zero-order chi connectivity index (χ0) is 34.5. The lowest BCUT2D eigenvalue weighted by molar-refractivity contribution is 0.259. The lowest BCUT2D eigenvalue weighted by Gasteiger charge is -2.34. The van der Waals surface area contributed by atoms with Gasteiger partial charge >= 0.3 is 0 Å². The van der Waals surface area contributed by atoms with Gasteiger partial charge in [0, 0.05) is 22.3 Å². The summed E-state index contributed by atoms with van der Waals surface area (Å²) in [7, 11) is 0. The number of nitrogens with one attached hydrogen (secondary N) is 1. The largest absolute Gasteiger partial charge is 0.464 e. The molecule has 0 fully saturated rings. The molecular formula is C47H32N4O. The number of rotatable bonds is 6. The van der Waals surface area contributed by atoms with Crippen LogP contribution in [0.15, 0.2) is 182 Å². The Morgan fingerprint density at radius 1 is 0.462 bits per heavy atom. The predicted molar refractivity (Wildman–Crippen MR) is 207 cm³/mol. The molecule has 2 atom stereocenters. The number of hydrogen-bond donors (Lipinski definition) is 1. The quantitative estimate of drug-likeness (QED) is 0.191. The van der Waals surface area contributed by atoms with Gasteiger partial charge in [-0.15, -0.1) is 0 Å². The van der Waals surface area contributed by atoms with E-state index in [9.17, 15) is 0 Å². The first-order valence-electron chi connectivity index (χ1n) is 17.6. The van der Waals surface area contributed by atoms with E-state index in [4.69, 9.17) is 19.7 Å². The summed E-state index contributed by atoms with van der Waals surface area (Å²) in [5.41, 5.74) is 11.2. The monoisotopic (exact) mass is 668 g/mol. The Kier molecular flexibility index (Phi) is 7.03. The summed E-state index contributed by atoms with van der Waals surface area (Å²) in [6.45, 7) is 0. The second-order valence-electron chi connectivity index (χ2n) is 13.2. The highest BCUT2D eigenvalue weighted by Crippen LogP contribution is 2.59. The van der Waals surface area contributed by atoms with Gasteiger partial charge in [0.2, 0.25) is 0 Å².